The predicted octanol–water partition coefficient (Wildman–Crippen LogP) is 3.63. The van der Waals surface area contributed by atoms with E-state index >= 15 is 0 Å². The molecule has 0 fully saturated rings. The molecule has 0 aliphatic carbocycles. The Hall–Kier alpha value is -1.06. The van der Waals surface area contributed by atoms with Crippen molar-refractivity contribution in [1.29, 1.82) is 0 Å². The standard InChI is InChI=1S/C14H20ClNO2/c1-3-6-13(14(17)18)16-12(4-2)10-7-5-8-11(15)9-10/h5,7-9,12-13,16H,3-4,6H2,1-2H3,(H,17,18). The first-order valence-electron chi connectivity index (χ1n) is 6.32. The summed E-state index contributed by atoms with van der Waals surface area (Å²) in [6.45, 7) is 4.02. The Morgan fingerprint density at radius 2 is 2.17 bits per heavy atom. The Balaban J connectivity index is 2.80. The third-order valence-corrected chi connectivity index (χ3v) is 3.17. The second kappa shape index (κ2) is 7.39. The van der Waals surface area contributed by atoms with Gasteiger partial charge >= 0.3 is 5.97 Å². The van der Waals surface area contributed by atoms with Gasteiger partial charge in [-0.05, 0) is 30.5 Å². The van der Waals surface area contributed by atoms with E-state index in [2.05, 4.69) is 5.32 Å². The second-order valence-corrected chi connectivity index (χ2v) is 4.80. The summed E-state index contributed by atoms with van der Waals surface area (Å²) in [5.41, 5.74) is 1.03. The minimum Gasteiger partial charge on any atom is -0.480 e. The lowest BCUT2D eigenvalue weighted by atomic mass is 10.0. The summed E-state index contributed by atoms with van der Waals surface area (Å²) in [5.74, 6) is -0.794. The van der Waals surface area contributed by atoms with Crippen LogP contribution in [-0.2, 0) is 4.79 Å². The molecule has 0 saturated carbocycles. The van der Waals surface area contributed by atoms with Crippen molar-refractivity contribution in [3.05, 3.63) is 34.9 Å². The molecule has 1 rings (SSSR count). The van der Waals surface area contributed by atoms with Crippen LogP contribution in [0.25, 0.3) is 0 Å². The number of rotatable bonds is 7. The largest absolute Gasteiger partial charge is 0.480 e. The summed E-state index contributed by atoms with van der Waals surface area (Å²) in [7, 11) is 0. The van der Waals surface area contributed by atoms with Crippen molar-refractivity contribution >= 4 is 17.6 Å². The lowest BCUT2D eigenvalue weighted by molar-refractivity contribution is -0.139. The van der Waals surface area contributed by atoms with Gasteiger partial charge in [0.05, 0.1) is 0 Å². The van der Waals surface area contributed by atoms with E-state index in [1.54, 1.807) is 0 Å². The zero-order chi connectivity index (χ0) is 13.5. The number of nitrogens with one attached hydrogen (secondary N) is 1. The van der Waals surface area contributed by atoms with Crippen molar-refractivity contribution in [2.45, 2.75) is 45.2 Å². The minimum absolute atomic E-state index is 0.0244. The molecule has 100 valence electrons. The molecule has 0 spiro atoms. The highest BCUT2D eigenvalue weighted by molar-refractivity contribution is 6.30. The lowest BCUT2D eigenvalue weighted by Crippen LogP contribution is -2.38. The van der Waals surface area contributed by atoms with Gasteiger partial charge in [0.1, 0.15) is 6.04 Å². The molecule has 0 bridgehead atoms. The number of aliphatic carboxylic acids is 1. The number of carboxylic acids is 1. The highest BCUT2D eigenvalue weighted by atomic mass is 35.5. The molecule has 0 saturated heterocycles. The van der Waals surface area contributed by atoms with Gasteiger partial charge in [-0.25, -0.2) is 0 Å². The van der Waals surface area contributed by atoms with Crippen LogP contribution < -0.4 is 5.32 Å². The molecule has 1 aromatic rings. The van der Waals surface area contributed by atoms with Crippen molar-refractivity contribution in [3.63, 3.8) is 0 Å². The second-order valence-electron chi connectivity index (χ2n) is 4.36. The monoisotopic (exact) mass is 269 g/mol. The molecule has 0 heterocycles. The van der Waals surface area contributed by atoms with E-state index in [0.717, 1.165) is 18.4 Å². The molecule has 3 nitrogen and oxygen atoms in total. The predicted molar refractivity (Wildman–Crippen MR) is 74.0 cm³/mol. The summed E-state index contributed by atoms with van der Waals surface area (Å²) >= 11 is 5.96. The van der Waals surface area contributed by atoms with Crippen LogP contribution in [0.15, 0.2) is 24.3 Å². The Kier molecular flexibility index (Phi) is 6.16. The Morgan fingerprint density at radius 1 is 1.44 bits per heavy atom. The molecule has 18 heavy (non-hydrogen) atoms. The molecule has 0 aliphatic rings. The van der Waals surface area contributed by atoms with Gasteiger partial charge in [0.15, 0.2) is 0 Å². The average molecular weight is 270 g/mol. The fraction of sp³-hybridized carbons (Fsp3) is 0.500. The van der Waals surface area contributed by atoms with Crippen LogP contribution in [0.4, 0.5) is 0 Å². The normalized spacial score (nSPS) is 14.2. The van der Waals surface area contributed by atoms with E-state index < -0.39 is 12.0 Å². The first kappa shape index (κ1) is 15.0. The van der Waals surface area contributed by atoms with E-state index in [-0.39, 0.29) is 6.04 Å². The van der Waals surface area contributed by atoms with E-state index in [4.69, 9.17) is 16.7 Å². The third kappa shape index (κ3) is 4.31. The molecule has 2 unspecified atom stereocenters. The molecular formula is C14H20ClNO2. The summed E-state index contributed by atoms with van der Waals surface area (Å²) < 4.78 is 0. The van der Waals surface area contributed by atoms with Gasteiger partial charge in [0.2, 0.25) is 0 Å². The zero-order valence-corrected chi connectivity index (χ0v) is 11.6. The summed E-state index contributed by atoms with van der Waals surface area (Å²) in [6, 6.07) is 7.08. The van der Waals surface area contributed by atoms with Crippen LogP contribution in [-0.4, -0.2) is 17.1 Å². The number of benzene rings is 1. The first-order valence-corrected chi connectivity index (χ1v) is 6.70. The Labute approximate surface area is 113 Å². The molecular weight excluding hydrogens is 250 g/mol. The number of carbonyl (C=O) groups is 1. The Bertz CT molecular complexity index is 395. The molecule has 0 aromatic heterocycles. The maximum atomic E-state index is 11.2. The molecule has 4 heteroatoms. The van der Waals surface area contributed by atoms with Gasteiger partial charge in [-0.2, -0.15) is 0 Å². The van der Waals surface area contributed by atoms with Crippen LogP contribution in [0.2, 0.25) is 5.02 Å². The van der Waals surface area contributed by atoms with Crippen LogP contribution in [0.1, 0.15) is 44.7 Å². The molecule has 0 amide bonds. The van der Waals surface area contributed by atoms with Gasteiger partial charge in [-0.3, -0.25) is 10.1 Å². The molecule has 0 radical (unpaired) electrons. The first-order chi connectivity index (χ1) is 8.58. The smallest absolute Gasteiger partial charge is 0.320 e. The van der Waals surface area contributed by atoms with E-state index in [1.165, 1.54) is 0 Å². The highest BCUT2D eigenvalue weighted by Crippen LogP contribution is 2.21. The van der Waals surface area contributed by atoms with Crippen LogP contribution in [0.3, 0.4) is 0 Å². The minimum atomic E-state index is -0.794. The van der Waals surface area contributed by atoms with E-state index in [9.17, 15) is 4.79 Å². The quantitative estimate of drug-likeness (QED) is 0.795. The zero-order valence-electron chi connectivity index (χ0n) is 10.8. The third-order valence-electron chi connectivity index (χ3n) is 2.94. The van der Waals surface area contributed by atoms with E-state index in [1.807, 2.05) is 38.1 Å². The number of hydrogen-bond donors (Lipinski definition) is 2. The van der Waals surface area contributed by atoms with Gasteiger partial charge in [-0.15, -0.1) is 0 Å². The van der Waals surface area contributed by atoms with Crippen molar-refractivity contribution < 1.29 is 9.90 Å². The fourth-order valence-corrected chi connectivity index (χ4v) is 2.18. The Morgan fingerprint density at radius 3 is 2.67 bits per heavy atom. The summed E-state index contributed by atoms with van der Waals surface area (Å²) in [6.07, 6.45) is 2.30. The van der Waals surface area contributed by atoms with Gasteiger partial charge in [-0.1, -0.05) is 44.0 Å². The van der Waals surface area contributed by atoms with Crippen LogP contribution >= 0.6 is 11.6 Å². The maximum Gasteiger partial charge on any atom is 0.320 e. The topological polar surface area (TPSA) is 49.3 Å². The van der Waals surface area contributed by atoms with Crippen molar-refractivity contribution in [2.24, 2.45) is 0 Å². The number of carboxylic acid groups (broad SMARTS) is 1. The van der Waals surface area contributed by atoms with E-state index in [0.29, 0.717) is 11.4 Å². The van der Waals surface area contributed by atoms with Crippen LogP contribution in [0, 0.1) is 0 Å². The van der Waals surface area contributed by atoms with Crippen molar-refractivity contribution in [2.75, 3.05) is 0 Å². The lowest BCUT2D eigenvalue weighted by Gasteiger charge is -2.22. The maximum absolute atomic E-state index is 11.2. The average Bonchev–Trinajstić information content (AvgIpc) is 2.34. The SMILES string of the molecule is CCCC(NC(CC)c1cccc(Cl)c1)C(=O)O. The van der Waals surface area contributed by atoms with Gasteiger partial charge in [0.25, 0.3) is 0 Å². The van der Waals surface area contributed by atoms with Crippen LogP contribution in [0.5, 0.6) is 0 Å². The molecule has 2 atom stereocenters. The molecule has 2 N–H and O–H groups in total. The number of halogens is 1. The number of hydrogen-bond acceptors (Lipinski definition) is 2. The fourth-order valence-electron chi connectivity index (χ4n) is 1.98. The van der Waals surface area contributed by atoms with Crippen molar-refractivity contribution in [3.8, 4) is 0 Å². The van der Waals surface area contributed by atoms with Gasteiger partial charge < -0.3 is 5.11 Å². The highest BCUT2D eigenvalue weighted by Gasteiger charge is 2.20. The van der Waals surface area contributed by atoms with Gasteiger partial charge in [0, 0.05) is 11.1 Å². The summed E-state index contributed by atoms with van der Waals surface area (Å²) in [4.78, 5) is 11.2. The summed E-state index contributed by atoms with van der Waals surface area (Å²) in [5, 5.41) is 13.0. The van der Waals surface area contributed by atoms with Crippen molar-refractivity contribution in [1.82, 2.24) is 5.32 Å². The molecule has 0 aliphatic heterocycles. The molecule has 1 aromatic carbocycles.